The van der Waals surface area contributed by atoms with Gasteiger partial charge in [0.1, 0.15) is 0 Å². The van der Waals surface area contributed by atoms with Crippen molar-refractivity contribution in [2.75, 3.05) is 6.54 Å². The van der Waals surface area contributed by atoms with Crippen LogP contribution in [0.2, 0.25) is 0 Å². The molecule has 0 spiro atoms. The highest BCUT2D eigenvalue weighted by molar-refractivity contribution is 9.09. The molecule has 3 heteroatoms. The second kappa shape index (κ2) is 6.56. The van der Waals surface area contributed by atoms with Crippen LogP contribution >= 0.6 is 15.9 Å². The van der Waals surface area contributed by atoms with Crippen molar-refractivity contribution in [2.24, 2.45) is 5.92 Å². The van der Waals surface area contributed by atoms with Crippen LogP contribution in [0.3, 0.4) is 0 Å². The summed E-state index contributed by atoms with van der Waals surface area (Å²) in [6.07, 6.45) is 4.88. The van der Waals surface area contributed by atoms with E-state index in [1.54, 1.807) is 0 Å². The van der Waals surface area contributed by atoms with Crippen LogP contribution in [-0.4, -0.2) is 17.3 Å². The number of carbonyl (C=O) groups excluding carboxylic acids is 1. The summed E-state index contributed by atoms with van der Waals surface area (Å²) in [5.41, 5.74) is 3.06. The molecule has 0 aromatic heterocycles. The quantitative estimate of drug-likeness (QED) is 0.837. The molecule has 1 aliphatic rings. The molecule has 2 rings (SSSR count). The van der Waals surface area contributed by atoms with Crippen LogP contribution in [0, 0.1) is 19.8 Å². The number of nitrogens with one attached hydrogen (secondary N) is 1. The molecule has 1 N–H and O–H groups in total. The van der Waals surface area contributed by atoms with Crippen molar-refractivity contribution in [3.63, 3.8) is 0 Å². The number of alkyl halides is 1. The molecule has 0 unspecified atom stereocenters. The lowest BCUT2D eigenvalue weighted by atomic mass is 9.89. The lowest BCUT2D eigenvalue weighted by molar-refractivity contribution is 0.0943. The Morgan fingerprint density at radius 2 is 1.95 bits per heavy atom. The zero-order valence-electron chi connectivity index (χ0n) is 11.7. The number of rotatable bonds is 3. The lowest BCUT2D eigenvalue weighted by Gasteiger charge is -2.25. The van der Waals surface area contributed by atoms with E-state index in [2.05, 4.69) is 27.3 Å². The molecule has 1 saturated carbocycles. The molecule has 0 atom stereocenters. The third-order valence-corrected chi connectivity index (χ3v) is 4.87. The van der Waals surface area contributed by atoms with Gasteiger partial charge in [-0.15, -0.1) is 0 Å². The van der Waals surface area contributed by atoms with Gasteiger partial charge in [-0.1, -0.05) is 33.6 Å². The van der Waals surface area contributed by atoms with Crippen LogP contribution in [-0.2, 0) is 0 Å². The summed E-state index contributed by atoms with van der Waals surface area (Å²) in [5.74, 6) is 0.710. The van der Waals surface area contributed by atoms with Gasteiger partial charge in [-0.05, 0) is 57.1 Å². The first-order valence-corrected chi connectivity index (χ1v) is 7.97. The molecular weight excluding hydrogens is 302 g/mol. The number of hydrogen-bond donors (Lipinski definition) is 1. The zero-order valence-corrected chi connectivity index (χ0v) is 13.3. The number of benzene rings is 1. The van der Waals surface area contributed by atoms with Crippen molar-refractivity contribution in [1.82, 2.24) is 5.32 Å². The van der Waals surface area contributed by atoms with Crippen LogP contribution in [0.4, 0.5) is 0 Å². The molecule has 0 saturated heterocycles. The molecular formula is C16H22BrNO. The van der Waals surface area contributed by atoms with E-state index < -0.39 is 0 Å². The summed E-state index contributed by atoms with van der Waals surface area (Å²) in [4.78, 5) is 12.8. The third-order valence-electron chi connectivity index (χ3n) is 3.95. The predicted molar refractivity (Wildman–Crippen MR) is 82.9 cm³/mol. The van der Waals surface area contributed by atoms with Gasteiger partial charge in [0.15, 0.2) is 0 Å². The Balaban J connectivity index is 1.87. The lowest BCUT2D eigenvalue weighted by Crippen LogP contribution is -2.31. The SMILES string of the molecule is Cc1ccc(C(=O)NCC2CCC(Br)CC2)c(C)c1. The van der Waals surface area contributed by atoms with E-state index in [1.807, 2.05) is 26.0 Å². The van der Waals surface area contributed by atoms with Gasteiger partial charge in [0.2, 0.25) is 0 Å². The Bertz CT molecular complexity index is 450. The Morgan fingerprint density at radius 1 is 1.26 bits per heavy atom. The molecule has 0 heterocycles. The number of carbonyl (C=O) groups is 1. The van der Waals surface area contributed by atoms with Gasteiger partial charge in [-0.2, -0.15) is 0 Å². The Hall–Kier alpha value is -0.830. The number of halogens is 1. The Labute approximate surface area is 124 Å². The van der Waals surface area contributed by atoms with Gasteiger partial charge in [-0.25, -0.2) is 0 Å². The van der Waals surface area contributed by atoms with Crippen molar-refractivity contribution >= 4 is 21.8 Å². The van der Waals surface area contributed by atoms with E-state index in [9.17, 15) is 4.79 Å². The molecule has 1 amide bonds. The monoisotopic (exact) mass is 323 g/mol. The van der Waals surface area contributed by atoms with E-state index in [0.29, 0.717) is 10.7 Å². The van der Waals surface area contributed by atoms with Crippen molar-refractivity contribution in [3.8, 4) is 0 Å². The van der Waals surface area contributed by atoms with Crippen molar-refractivity contribution < 1.29 is 4.79 Å². The smallest absolute Gasteiger partial charge is 0.251 e. The average Bonchev–Trinajstić information content (AvgIpc) is 2.37. The second-order valence-corrected chi connectivity index (χ2v) is 6.94. The molecule has 19 heavy (non-hydrogen) atoms. The fourth-order valence-corrected chi connectivity index (χ4v) is 3.26. The first kappa shape index (κ1) is 14.6. The van der Waals surface area contributed by atoms with Crippen LogP contribution in [0.1, 0.15) is 47.2 Å². The molecule has 1 aromatic carbocycles. The molecule has 2 nitrogen and oxygen atoms in total. The van der Waals surface area contributed by atoms with Crippen LogP contribution < -0.4 is 5.32 Å². The topological polar surface area (TPSA) is 29.1 Å². The summed E-state index contributed by atoms with van der Waals surface area (Å²) in [5, 5.41) is 3.09. The summed E-state index contributed by atoms with van der Waals surface area (Å²) in [6, 6.07) is 5.98. The van der Waals surface area contributed by atoms with Crippen molar-refractivity contribution in [3.05, 3.63) is 34.9 Å². The number of hydrogen-bond acceptors (Lipinski definition) is 1. The molecule has 1 aliphatic carbocycles. The van der Waals surface area contributed by atoms with Gasteiger partial charge in [0.05, 0.1) is 0 Å². The normalized spacial score (nSPS) is 23.1. The van der Waals surface area contributed by atoms with Gasteiger partial charge in [0, 0.05) is 16.9 Å². The first-order chi connectivity index (χ1) is 9.06. The minimum absolute atomic E-state index is 0.0680. The fourth-order valence-electron chi connectivity index (χ4n) is 2.73. The molecule has 1 aromatic rings. The standard InChI is InChI=1S/C16H22BrNO/c1-11-3-8-15(12(2)9-11)16(19)18-10-13-4-6-14(17)7-5-13/h3,8-9,13-14H,4-7,10H2,1-2H3,(H,18,19). The predicted octanol–water partition coefficient (Wildman–Crippen LogP) is 3.99. The van der Waals surface area contributed by atoms with Crippen LogP contribution in [0.15, 0.2) is 18.2 Å². The minimum Gasteiger partial charge on any atom is -0.352 e. The van der Waals surface area contributed by atoms with Crippen LogP contribution in [0.5, 0.6) is 0 Å². The van der Waals surface area contributed by atoms with E-state index in [-0.39, 0.29) is 5.91 Å². The maximum absolute atomic E-state index is 12.2. The largest absolute Gasteiger partial charge is 0.352 e. The summed E-state index contributed by atoms with van der Waals surface area (Å²) in [7, 11) is 0. The summed E-state index contributed by atoms with van der Waals surface area (Å²) < 4.78 is 0. The third kappa shape index (κ3) is 4.07. The minimum atomic E-state index is 0.0680. The summed E-state index contributed by atoms with van der Waals surface area (Å²) >= 11 is 3.66. The fraction of sp³-hybridized carbons (Fsp3) is 0.562. The highest BCUT2D eigenvalue weighted by Crippen LogP contribution is 2.28. The van der Waals surface area contributed by atoms with Gasteiger partial charge in [0.25, 0.3) is 5.91 Å². The van der Waals surface area contributed by atoms with Crippen LogP contribution in [0.25, 0.3) is 0 Å². The zero-order chi connectivity index (χ0) is 13.8. The average molecular weight is 324 g/mol. The Morgan fingerprint density at radius 3 is 2.58 bits per heavy atom. The molecule has 0 bridgehead atoms. The summed E-state index contributed by atoms with van der Waals surface area (Å²) in [6.45, 7) is 4.86. The van der Waals surface area contributed by atoms with E-state index in [4.69, 9.17) is 0 Å². The molecule has 1 fully saturated rings. The van der Waals surface area contributed by atoms with E-state index in [0.717, 1.165) is 17.7 Å². The molecule has 104 valence electrons. The van der Waals surface area contributed by atoms with Crippen molar-refractivity contribution in [1.29, 1.82) is 0 Å². The van der Waals surface area contributed by atoms with Gasteiger partial charge >= 0.3 is 0 Å². The van der Waals surface area contributed by atoms with E-state index >= 15 is 0 Å². The Kier molecular flexibility index (Phi) is 5.03. The van der Waals surface area contributed by atoms with Gasteiger partial charge in [-0.3, -0.25) is 4.79 Å². The molecule has 0 radical (unpaired) electrons. The van der Waals surface area contributed by atoms with Crippen molar-refractivity contribution in [2.45, 2.75) is 44.4 Å². The maximum atomic E-state index is 12.2. The van der Waals surface area contributed by atoms with E-state index in [1.165, 1.54) is 31.2 Å². The highest BCUT2D eigenvalue weighted by Gasteiger charge is 2.20. The van der Waals surface area contributed by atoms with Gasteiger partial charge < -0.3 is 5.32 Å². The number of amides is 1. The number of aryl methyl sites for hydroxylation is 2. The molecule has 0 aliphatic heterocycles. The maximum Gasteiger partial charge on any atom is 0.251 e. The second-order valence-electron chi connectivity index (χ2n) is 5.65. The first-order valence-electron chi connectivity index (χ1n) is 7.06. The highest BCUT2D eigenvalue weighted by atomic mass is 79.9.